The van der Waals surface area contributed by atoms with Gasteiger partial charge in [0.25, 0.3) is 5.91 Å². The Balaban J connectivity index is 1.67. The van der Waals surface area contributed by atoms with Crippen molar-refractivity contribution in [3.05, 3.63) is 78.0 Å². The van der Waals surface area contributed by atoms with Crippen molar-refractivity contribution >= 4 is 23.1 Å². The molecule has 0 aliphatic heterocycles. The fraction of sp³-hybridized carbons (Fsp3) is 0.100. The summed E-state index contributed by atoms with van der Waals surface area (Å²) in [6, 6.07) is 15.7. The number of rotatable bonds is 5. The summed E-state index contributed by atoms with van der Waals surface area (Å²) in [4.78, 5) is 16.5. The molecule has 0 saturated carbocycles. The number of hydrogen-bond acceptors (Lipinski definition) is 4. The summed E-state index contributed by atoms with van der Waals surface area (Å²) in [6.07, 6.45) is -3.27. The van der Waals surface area contributed by atoms with Crippen LogP contribution in [0.25, 0.3) is 0 Å². The highest BCUT2D eigenvalue weighted by Crippen LogP contribution is 2.25. The molecule has 8 heteroatoms. The largest absolute Gasteiger partial charge is 0.573 e. The quantitative estimate of drug-likeness (QED) is 0.625. The van der Waals surface area contributed by atoms with Crippen molar-refractivity contribution in [2.75, 3.05) is 10.6 Å². The number of anilines is 3. The van der Waals surface area contributed by atoms with Crippen molar-refractivity contribution in [2.45, 2.75) is 13.3 Å². The van der Waals surface area contributed by atoms with Gasteiger partial charge in [0.1, 0.15) is 11.6 Å². The Kier molecular flexibility index (Phi) is 5.49. The van der Waals surface area contributed by atoms with E-state index < -0.39 is 6.36 Å². The van der Waals surface area contributed by atoms with Crippen molar-refractivity contribution in [1.82, 2.24) is 4.98 Å². The molecule has 0 aliphatic rings. The number of nitrogens with one attached hydrogen (secondary N) is 2. The third-order valence-electron chi connectivity index (χ3n) is 3.69. The van der Waals surface area contributed by atoms with Crippen molar-refractivity contribution in [1.29, 1.82) is 0 Å². The second-order valence-electron chi connectivity index (χ2n) is 5.95. The van der Waals surface area contributed by atoms with Crippen LogP contribution in [0.1, 0.15) is 15.9 Å². The van der Waals surface area contributed by atoms with Gasteiger partial charge in [-0.2, -0.15) is 0 Å². The average Bonchev–Trinajstić information content (AvgIpc) is 2.64. The summed E-state index contributed by atoms with van der Waals surface area (Å²) in [6.45, 7) is 1.95. The SMILES string of the molecule is Cc1ccc(NC(=O)c2ccnc(Nc3ccc(OC(F)(F)F)cc3)c2)cc1. The number of aryl methyl sites for hydroxylation is 1. The molecule has 0 radical (unpaired) electrons. The number of aromatic nitrogens is 1. The van der Waals surface area contributed by atoms with E-state index in [0.29, 0.717) is 22.8 Å². The molecule has 2 N–H and O–H groups in total. The molecule has 0 fully saturated rings. The van der Waals surface area contributed by atoms with Crippen LogP contribution in [0.2, 0.25) is 0 Å². The smallest absolute Gasteiger partial charge is 0.406 e. The van der Waals surface area contributed by atoms with Gasteiger partial charge in [0.05, 0.1) is 0 Å². The summed E-state index contributed by atoms with van der Waals surface area (Å²) in [7, 11) is 0. The molecular weight excluding hydrogens is 371 g/mol. The van der Waals surface area contributed by atoms with Gasteiger partial charge < -0.3 is 15.4 Å². The van der Waals surface area contributed by atoms with E-state index >= 15 is 0 Å². The van der Waals surface area contributed by atoms with Gasteiger partial charge in [-0.1, -0.05) is 17.7 Å². The highest BCUT2D eigenvalue weighted by Gasteiger charge is 2.30. The number of carbonyl (C=O) groups excluding carboxylic acids is 1. The molecule has 0 aliphatic carbocycles. The highest BCUT2D eigenvalue weighted by molar-refractivity contribution is 6.04. The second kappa shape index (κ2) is 7.99. The minimum atomic E-state index is -4.74. The molecule has 2 aromatic carbocycles. The minimum absolute atomic E-state index is 0.303. The predicted octanol–water partition coefficient (Wildman–Crippen LogP) is 5.28. The molecule has 0 saturated heterocycles. The van der Waals surface area contributed by atoms with Gasteiger partial charge in [0.15, 0.2) is 0 Å². The lowest BCUT2D eigenvalue weighted by Crippen LogP contribution is -2.17. The zero-order valence-corrected chi connectivity index (χ0v) is 14.7. The Bertz CT molecular complexity index is 956. The van der Waals surface area contributed by atoms with Crippen LogP contribution in [-0.4, -0.2) is 17.3 Å². The molecule has 1 aromatic heterocycles. The fourth-order valence-electron chi connectivity index (χ4n) is 2.37. The Morgan fingerprint density at radius 2 is 1.61 bits per heavy atom. The maximum absolute atomic E-state index is 12.4. The third-order valence-corrected chi connectivity index (χ3v) is 3.69. The van der Waals surface area contributed by atoms with Gasteiger partial charge in [-0.25, -0.2) is 4.98 Å². The van der Waals surface area contributed by atoms with Crippen LogP contribution in [0.15, 0.2) is 66.9 Å². The highest BCUT2D eigenvalue weighted by atomic mass is 19.4. The molecule has 3 aromatic rings. The van der Waals surface area contributed by atoms with Crippen LogP contribution in [0.3, 0.4) is 0 Å². The predicted molar refractivity (Wildman–Crippen MR) is 99.8 cm³/mol. The van der Waals surface area contributed by atoms with Gasteiger partial charge >= 0.3 is 6.36 Å². The van der Waals surface area contributed by atoms with Crippen LogP contribution in [0.4, 0.5) is 30.4 Å². The molecule has 0 unspecified atom stereocenters. The normalized spacial score (nSPS) is 11.0. The number of ether oxygens (including phenoxy) is 1. The van der Waals surface area contributed by atoms with Crippen molar-refractivity contribution in [3.8, 4) is 5.75 Å². The van der Waals surface area contributed by atoms with Crippen LogP contribution < -0.4 is 15.4 Å². The standard InChI is InChI=1S/C20H16F3N3O2/c1-13-2-4-16(5-3-13)26-19(27)14-10-11-24-18(12-14)25-15-6-8-17(9-7-15)28-20(21,22)23/h2-12H,1H3,(H,24,25)(H,26,27). The van der Waals surface area contributed by atoms with Crippen LogP contribution in [-0.2, 0) is 0 Å². The summed E-state index contributed by atoms with van der Waals surface area (Å²) in [5.41, 5.74) is 2.63. The molecule has 1 amide bonds. The number of amides is 1. The maximum atomic E-state index is 12.4. The zero-order chi connectivity index (χ0) is 20.1. The fourth-order valence-corrected chi connectivity index (χ4v) is 2.37. The van der Waals surface area contributed by atoms with Gasteiger partial charge in [0, 0.05) is 23.1 Å². The maximum Gasteiger partial charge on any atom is 0.573 e. The summed E-state index contributed by atoms with van der Waals surface area (Å²) in [5.74, 6) is -0.249. The van der Waals surface area contributed by atoms with Crippen molar-refractivity contribution < 1.29 is 22.7 Å². The summed E-state index contributed by atoms with van der Waals surface area (Å²) < 4.78 is 40.4. The lowest BCUT2D eigenvalue weighted by atomic mass is 10.2. The van der Waals surface area contributed by atoms with Gasteiger partial charge in [-0.3, -0.25) is 4.79 Å². The Labute approximate surface area is 159 Å². The van der Waals surface area contributed by atoms with E-state index in [0.717, 1.165) is 5.56 Å². The molecule has 1 heterocycles. The molecule has 5 nitrogen and oxygen atoms in total. The minimum Gasteiger partial charge on any atom is -0.406 e. The Hall–Kier alpha value is -3.55. The number of alkyl halides is 3. The first kappa shape index (κ1) is 19.2. The molecule has 144 valence electrons. The molecule has 0 atom stereocenters. The van der Waals surface area contributed by atoms with Crippen LogP contribution in [0, 0.1) is 6.92 Å². The van der Waals surface area contributed by atoms with Crippen LogP contribution in [0.5, 0.6) is 5.75 Å². The van der Waals surface area contributed by atoms with E-state index in [4.69, 9.17) is 0 Å². The Morgan fingerprint density at radius 3 is 2.25 bits per heavy atom. The van der Waals surface area contributed by atoms with E-state index in [1.807, 2.05) is 19.1 Å². The second-order valence-corrected chi connectivity index (χ2v) is 5.95. The number of benzene rings is 2. The number of hydrogen-bond donors (Lipinski definition) is 2. The number of halogens is 3. The number of nitrogens with zero attached hydrogens (tertiary/aromatic N) is 1. The van der Waals surface area contributed by atoms with Crippen molar-refractivity contribution in [3.63, 3.8) is 0 Å². The monoisotopic (exact) mass is 387 g/mol. The Morgan fingerprint density at radius 1 is 0.964 bits per heavy atom. The lowest BCUT2D eigenvalue weighted by Gasteiger charge is -2.11. The van der Waals surface area contributed by atoms with E-state index in [9.17, 15) is 18.0 Å². The van der Waals surface area contributed by atoms with E-state index in [1.54, 1.807) is 24.3 Å². The van der Waals surface area contributed by atoms with Gasteiger partial charge in [-0.05, 0) is 55.5 Å². The van der Waals surface area contributed by atoms with Gasteiger partial charge in [0.2, 0.25) is 0 Å². The zero-order valence-electron chi connectivity index (χ0n) is 14.7. The third kappa shape index (κ3) is 5.47. The molecule has 3 rings (SSSR count). The number of pyridine rings is 1. The molecule has 0 spiro atoms. The lowest BCUT2D eigenvalue weighted by molar-refractivity contribution is -0.274. The first-order chi connectivity index (χ1) is 13.3. The van der Waals surface area contributed by atoms with E-state index in [-0.39, 0.29) is 11.7 Å². The molecule has 28 heavy (non-hydrogen) atoms. The van der Waals surface area contributed by atoms with Crippen molar-refractivity contribution in [2.24, 2.45) is 0 Å². The molecule has 0 bridgehead atoms. The molecular formula is C20H16F3N3O2. The van der Waals surface area contributed by atoms with E-state index in [1.165, 1.54) is 30.5 Å². The topological polar surface area (TPSA) is 63.2 Å². The summed E-state index contributed by atoms with van der Waals surface area (Å²) >= 11 is 0. The van der Waals surface area contributed by atoms with Crippen LogP contribution >= 0.6 is 0 Å². The number of carbonyl (C=O) groups is 1. The van der Waals surface area contributed by atoms with Gasteiger partial charge in [-0.15, -0.1) is 13.2 Å². The first-order valence-electron chi connectivity index (χ1n) is 8.25. The summed E-state index contributed by atoms with van der Waals surface area (Å²) in [5, 5.41) is 5.72. The van der Waals surface area contributed by atoms with E-state index in [2.05, 4.69) is 20.4 Å². The average molecular weight is 387 g/mol. The first-order valence-corrected chi connectivity index (χ1v) is 8.25.